The molecular formula is C16H24N4O3. The third-order valence-corrected chi connectivity index (χ3v) is 3.80. The lowest BCUT2D eigenvalue weighted by Gasteiger charge is -2.34. The summed E-state index contributed by atoms with van der Waals surface area (Å²) in [6.45, 7) is 5.14. The first-order valence-electron chi connectivity index (χ1n) is 7.86. The molecular weight excluding hydrogens is 296 g/mol. The fourth-order valence-corrected chi connectivity index (χ4v) is 2.39. The second kappa shape index (κ2) is 8.38. The number of nitrogens with two attached hydrogens (primary N) is 1. The predicted octanol–water partition coefficient (Wildman–Crippen LogP) is 1.13. The van der Waals surface area contributed by atoms with E-state index in [-0.39, 0.29) is 12.1 Å². The topological polar surface area (TPSA) is 87.9 Å². The van der Waals surface area contributed by atoms with Gasteiger partial charge in [-0.25, -0.2) is 9.59 Å². The van der Waals surface area contributed by atoms with Crippen molar-refractivity contribution in [2.45, 2.75) is 20.0 Å². The number of carbonyl (C=O) groups is 2. The van der Waals surface area contributed by atoms with Gasteiger partial charge in [-0.15, -0.1) is 0 Å². The van der Waals surface area contributed by atoms with Gasteiger partial charge in [0.15, 0.2) is 0 Å². The third-order valence-electron chi connectivity index (χ3n) is 3.80. The SMILES string of the molecule is CCOC(=O)N1CCN(C(=O)NCc2ccc(CN)cc2)CC1. The van der Waals surface area contributed by atoms with Gasteiger partial charge in [0.25, 0.3) is 0 Å². The summed E-state index contributed by atoms with van der Waals surface area (Å²) in [5.41, 5.74) is 7.65. The first-order chi connectivity index (χ1) is 11.1. The van der Waals surface area contributed by atoms with Gasteiger partial charge in [0.05, 0.1) is 6.61 Å². The average Bonchev–Trinajstić information content (AvgIpc) is 2.60. The van der Waals surface area contributed by atoms with Crippen molar-refractivity contribution in [3.63, 3.8) is 0 Å². The zero-order valence-electron chi connectivity index (χ0n) is 13.5. The highest BCUT2D eigenvalue weighted by Gasteiger charge is 2.24. The van der Waals surface area contributed by atoms with E-state index < -0.39 is 0 Å². The number of hydrogen-bond donors (Lipinski definition) is 2. The van der Waals surface area contributed by atoms with Crippen molar-refractivity contribution in [1.29, 1.82) is 0 Å². The second-order valence-electron chi connectivity index (χ2n) is 5.35. The predicted molar refractivity (Wildman–Crippen MR) is 86.7 cm³/mol. The monoisotopic (exact) mass is 320 g/mol. The first kappa shape index (κ1) is 17.1. The lowest BCUT2D eigenvalue weighted by Crippen LogP contribution is -2.53. The molecule has 7 heteroatoms. The Labute approximate surface area is 136 Å². The highest BCUT2D eigenvalue weighted by atomic mass is 16.6. The second-order valence-corrected chi connectivity index (χ2v) is 5.35. The first-order valence-corrected chi connectivity index (χ1v) is 7.86. The van der Waals surface area contributed by atoms with Crippen molar-refractivity contribution in [1.82, 2.24) is 15.1 Å². The molecule has 1 aromatic carbocycles. The molecule has 0 aliphatic carbocycles. The molecule has 0 saturated carbocycles. The molecule has 126 valence electrons. The molecule has 1 aliphatic rings. The Morgan fingerprint density at radius 3 is 2.22 bits per heavy atom. The molecule has 3 N–H and O–H groups in total. The van der Waals surface area contributed by atoms with E-state index in [1.807, 2.05) is 24.3 Å². The Balaban J connectivity index is 1.75. The van der Waals surface area contributed by atoms with Crippen LogP contribution in [0.4, 0.5) is 9.59 Å². The van der Waals surface area contributed by atoms with Crippen molar-refractivity contribution in [3.05, 3.63) is 35.4 Å². The fourth-order valence-electron chi connectivity index (χ4n) is 2.39. The van der Waals surface area contributed by atoms with E-state index >= 15 is 0 Å². The standard InChI is InChI=1S/C16H24N4O3/c1-2-23-16(22)20-9-7-19(8-10-20)15(21)18-12-14-5-3-13(11-17)4-6-14/h3-6H,2,7-12,17H2,1H3,(H,18,21). The largest absolute Gasteiger partial charge is 0.450 e. The van der Waals surface area contributed by atoms with Gasteiger partial charge < -0.3 is 25.6 Å². The van der Waals surface area contributed by atoms with E-state index in [0.29, 0.717) is 45.9 Å². The smallest absolute Gasteiger partial charge is 0.409 e. The van der Waals surface area contributed by atoms with Crippen LogP contribution in [0.5, 0.6) is 0 Å². The van der Waals surface area contributed by atoms with E-state index in [9.17, 15) is 9.59 Å². The van der Waals surface area contributed by atoms with Crippen LogP contribution in [0.25, 0.3) is 0 Å². The maximum absolute atomic E-state index is 12.2. The zero-order valence-corrected chi connectivity index (χ0v) is 13.5. The van der Waals surface area contributed by atoms with Crippen LogP contribution in [0.3, 0.4) is 0 Å². The van der Waals surface area contributed by atoms with Crippen LogP contribution >= 0.6 is 0 Å². The number of nitrogens with zero attached hydrogens (tertiary/aromatic N) is 2. The van der Waals surface area contributed by atoms with Crippen molar-refractivity contribution in [3.8, 4) is 0 Å². The minimum Gasteiger partial charge on any atom is -0.450 e. The molecule has 1 aromatic rings. The van der Waals surface area contributed by atoms with Gasteiger partial charge >= 0.3 is 12.1 Å². The van der Waals surface area contributed by atoms with Gasteiger partial charge in [-0.3, -0.25) is 0 Å². The fraction of sp³-hybridized carbons (Fsp3) is 0.500. The highest BCUT2D eigenvalue weighted by Crippen LogP contribution is 2.06. The Morgan fingerprint density at radius 2 is 1.65 bits per heavy atom. The number of amides is 3. The lowest BCUT2D eigenvalue weighted by molar-refractivity contribution is 0.0851. The quantitative estimate of drug-likeness (QED) is 0.870. The molecule has 1 heterocycles. The molecule has 0 radical (unpaired) electrons. The molecule has 1 saturated heterocycles. The van der Waals surface area contributed by atoms with Crippen LogP contribution in [-0.4, -0.2) is 54.7 Å². The van der Waals surface area contributed by atoms with Gasteiger partial charge in [0, 0.05) is 39.3 Å². The summed E-state index contributed by atoms with van der Waals surface area (Å²) in [5, 5.41) is 2.90. The molecule has 7 nitrogen and oxygen atoms in total. The number of benzene rings is 1. The maximum Gasteiger partial charge on any atom is 0.409 e. The molecule has 1 aliphatic heterocycles. The number of rotatable bonds is 4. The molecule has 0 atom stereocenters. The lowest BCUT2D eigenvalue weighted by atomic mass is 10.1. The summed E-state index contributed by atoms with van der Waals surface area (Å²) in [4.78, 5) is 27.1. The number of piperazine rings is 1. The van der Waals surface area contributed by atoms with Crippen molar-refractivity contribution in [2.75, 3.05) is 32.8 Å². The Bertz CT molecular complexity index is 525. The highest BCUT2D eigenvalue weighted by molar-refractivity contribution is 5.75. The van der Waals surface area contributed by atoms with Gasteiger partial charge in [0.2, 0.25) is 0 Å². The molecule has 0 aromatic heterocycles. The van der Waals surface area contributed by atoms with Gasteiger partial charge in [-0.2, -0.15) is 0 Å². The number of nitrogens with one attached hydrogen (secondary N) is 1. The zero-order chi connectivity index (χ0) is 16.7. The number of ether oxygens (including phenoxy) is 1. The minimum atomic E-state index is -0.312. The van der Waals surface area contributed by atoms with E-state index in [0.717, 1.165) is 11.1 Å². The number of carbonyl (C=O) groups excluding carboxylic acids is 2. The van der Waals surface area contributed by atoms with Crippen LogP contribution in [0.15, 0.2) is 24.3 Å². The van der Waals surface area contributed by atoms with Crippen molar-refractivity contribution < 1.29 is 14.3 Å². The van der Waals surface area contributed by atoms with E-state index in [1.165, 1.54) is 0 Å². The third kappa shape index (κ3) is 4.85. The average molecular weight is 320 g/mol. The maximum atomic E-state index is 12.2. The van der Waals surface area contributed by atoms with Crippen LogP contribution in [-0.2, 0) is 17.8 Å². The van der Waals surface area contributed by atoms with Crippen molar-refractivity contribution in [2.24, 2.45) is 5.73 Å². The van der Waals surface area contributed by atoms with Gasteiger partial charge in [-0.1, -0.05) is 24.3 Å². The van der Waals surface area contributed by atoms with Crippen molar-refractivity contribution >= 4 is 12.1 Å². The summed E-state index contributed by atoms with van der Waals surface area (Å²) >= 11 is 0. The Morgan fingerprint density at radius 1 is 1.09 bits per heavy atom. The minimum absolute atomic E-state index is 0.114. The molecule has 2 rings (SSSR count). The molecule has 0 spiro atoms. The normalized spacial score (nSPS) is 14.5. The summed E-state index contributed by atoms with van der Waals surface area (Å²) in [7, 11) is 0. The summed E-state index contributed by atoms with van der Waals surface area (Å²) in [5.74, 6) is 0. The van der Waals surface area contributed by atoms with Crippen LogP contribution < -0.4 is 11.1 Å². The summed E-state index contributed by atoms with van der Waals surface area (Å²) in [6, 6.07) is 7.72. The molecule has 3 amide bonds. The molecule has 0 bridgehead atoms. The van der Waals surface area contributed by atoms with E-state index in [4.69, 9.17) is 10.5 Å². The Kier molecular flexibility index (Phi) is 6.22. The summed E-state index contributed by atoms with van der Waals surface area (Å²) < 4.78 is 4.96. The van der Waals surface area contributed by atoms with Crippen LogP contribution in [0.1, 0.15) is 18.1 Å². The molecule has 0 unspecified atom stereocenters. The van der Waals surface area contributed by atoms with Crippen LogP contribution in [0.2, 0.25) is 0 Å². The number of urea groups is 1. The Hall–Kier alpha value is -2.28. The van der Waals surface area contributed by atoms with Crippen LogP contribution in [0, 0.1) is 0 Å². The summed E-state index contributed by atoms with van der Waals surface area (Å²) in [6.07, 6.45) is -0.312. The molecule has 1 fully saturated rings. The van der Waals surface area contributed by atoms with E-state index in [2.05, 4.69) is 5.32 Å². The molecule has 23 heavy (non-hydrogen) atoms. The van der Waals surface area contributed by atoms with E-state index in [1.54, 1.807) is 16.7 Å². The number of hydrogen-bond acceptors (Lipinski definition) is 4. The van der Waals surface area contributed by atoms with Gasteiger partial charge in [-0.05, 0) is 18.1 Å². The van der Waals surface area contributed by atoms with Gasteiger partial charge in [0.1, 0.15) is 0 Å².